The standard InChI is InChI=1S/C13H10.C3H7NO/c1-3-7-12-10(5-1)9-11-6-2-4-8-13(11)12;1-4(2)3-5/h1-8H,9H2;3H,1-2H3. The zero-order valence-electron chi connectivity index (χ0n) is 10.8. The lowest BCUT2D eigenvalue weighted by atomic mass is 10.1. The molecule has 0 saturated heterocycles. The van der Waals surface area contributed by atoms with Gasteiger partial charge in [0.2, 0.25) is 6.41 Å². The van der Waals surface area contributed by atoms with Gasteiger partial charge in [-0.3, -0.25) is 4.79 Å². The third kappa shape index (κ3) is 2.59. The Morgan fingerprint density at radius 1 is 0.889 bits per heavy atom. The number of benzene rings is 2. The molecule has 0 aliphatic heterocycles. The molecule has 0 atom stereocenters. The summed E-state index contributed by atoms with van der Waals surface area (Å²) in [5, 5.41) is 0. The molecule has 2 nitrogen and oxygen atoms in total. The Morgan fingerprint density at radius 2 is 1.28 bits per heavy atom. The molecular weight excluding hydrogens is 222 g/mol. The van der Waals surface area contributed by atoms with E-state index >= 15 is 0 Å². The van der Waals surface area contributed by atoms with Gasteiger partial charge < -0.3 is 4.90 Å². The number of amides is 1. The number of hydrogen-bond donors (Lipinski definition) is 0. The van der Waals surface area contributed by atoms with Crippen molar-refractivity contribution in [2.45, 2.75) is 6.42 Å². The van der Waals surface area contributed by atoms with E-state index in [0.717, 1.165) is 12.8 Å². The van der Waals surface area contributed by atoms with Crippen molar-refractivity contribution >= 4 is 6.41 Å². The molecule has 1 aliphatic rings. The summed E-state index contributed by atoms with van der Waals surface area (Å²) in [5.41, 5.74) is 5.75. The van der Waals surface area contributed by atoms with E-state index in [1.165, 1.54) is 27.2 Å². The van der Waals surface area contributed by atoms with Crippen LogP contribution >= 0.6 is 0 Å². The Balaban J connectivity index is 0.000000209. The van der Waals surface area contributed by atoms with Gasteiger partial charge in [-0.15, -0.1) is 0 Å². The summed E-state index contributed by atoms with van der Waals surface area (Å²) in [4.78, 5) is 10.9. The fourth-order valence-corrected chi connectivity index (χ4v) is 2.08. The molecule has 0 heterocycles. The summed E-state index contributed by atoms with van der Waals surface area (Å²) in [5.74, 6) is 0. The molecule has 18 heavy (non-hydrogen) atoms. The highest BCUT2D eigenvalue weighted by atomic mass is 16.1. The Morgan fingerprint density at radius 3 is 1.67 bits per heavy atom. The number of nitrogens with zero attached hydrogens (tertiary/aromatic N) is 1. The first-order valence-electron chi connectivity index (χ1n) is 6.00. The van der Waals surface area contributed by atoms with Crippen LogP contribution in [0.5, 0.6) is 0 Å². The zero-order valence-corrected chi connectivity index (χ0v) is 10.8. The SMILES string of the molecule is CN(C)C=O.c1ccc2c(c1)Cc1ccccc1-2. The van der Waals surface area contributed by atoms with Crippen molar-refractivity contribution < 1.29 is 4.79 Å². The number of carbonyl (C=O) groups is 1. The lowest BCUT2D eigenvalue weighted by Gasteiger charge is -1.98. The molecule has 0 aromatic heterocycles. The van der Waals surface area contributed by atoms with Crippen LogP contribution in [0.2, 0.25) is 0 Å². The van der Waals surface area contributed by atoms with Gasteiger partial charge in [-0.05, 0) is 28.7 Å². The van der Waals surface area contributed by atoms with Gasteiger partial charge in [-0.1, -0.05) is 48.5 Å². The third-order valence-electron chi connectivity index (χ3n) is 2.92. The van der Waals surface area contributed by atoms with Gasteiger partial charge in [-0.25, -0.2) is 0 Å². The maximum absolute atomic E-state index is 9.43. The second kappa shape index (κ2) is 5.50. The summed E-state index contributed by atoms with van der Waals surface area (Å²) in [7, 11) is 3.38. The second-order valence-corrected chi connectivity index (χ2v) is 4.56. The smallest absolute Gasteiger partial charge is 0.209 e. The molecule has 92 valence electrons. The van der Waals surface area contributed by atoms with Crippen LogP contribution in [0.15, 0.2) is 48.5 Å². The Hall–Kier alpha value is -2.09. The first-order valence-corrected chi connectivity index (χ1v) is 6.00. The molecular formula is C16H17NO. The average Bonchev–Trinajstić information content (AvgIpc) is 2.78. The first-order chi connectivity index (χ1) is 8.72. The van der Waals surface area contributed by atoms with E-state index in [0.29, 0.717) is 0 Å². The highest BCUT2D eigenvalue weighted by Gasteiger charge is 2.15. The van der Waals surface area contributed by atoms with Crippen molar-refractivity contribution in [3.63, 3.8) is 0 Å². The lowest BCUT2D eigenvalue weighted by Crippen LogP contribution is -2.06. The van der Waals surface area contributed by atoms with Crippen LogP contribution in [-0.4, -0.2) is 25.4 Å². The van der Waals surface area contributed by atoms with Crippen LogP contribution in [0.25, 0.3) is 11.1 Å². The van der Waals surface area contributed by atoms with E-state index < -0.39 is 0 Å². The van der Waals surface area contributed by atoms with Crippen LogP contribution in [0.3, 0.4) is 0 Å². The largest absolute Gasteiger partial charge is 0.351 e. The second-order valence-electron chi connectivity index (χ2n) is 4.56. The molecule has 2 heteroatoms. The number of hydrogen-bond acceptors (Lipinski definition) is 1. The minimum atomic E-state index is 0.750. The molecule has 1 amide bonds. The van der Waals surface area contributed by atoms with Crippen LogP contribution < -0.4 is 0 Å². The van der Waals surface area contributed by atoms with Gasteiger partial charge in [0, 0.05) is 14.1 Å². The van der Waals surface area contributed by atoms with Gasteiger partial charge >= 0.3 is 0 Å². The van der Waals surface area contributed by atoms with Crippen LogP contribution in [0, 0.1) is 0 Å². The van der Waals surface area contributed by atoms with Gasteiger partial charge in [0.25, 0.3) is 0 Å². The number of rotatable bonds is 1. The fourth-order valence-electron chi connectivity index (χ4n) is 2.08. The quantitative estimate of drug-likeness (QED) is 0.598. The monoisotopic (exact) mass is 239 g/mol. The fraction of sp³-hybridized carbons (Fsp3) is 0.188. The van der Waals surface area contributed by atoms with Gasteiger partial charge in [0.1, 0.15) is 0 Å². The highest BCUT2D eigenvalue weighted by Crippen LogP contribution is 2.35. The van der Waals surface area contributed by atoms with Gasteiger partial charge in [0.05, 0.1) is 0 Å². The minimum absolute atomic E-state index is 0.750. The van der Waals surface area contributed by atoms with Crippen LogP contribution in [-0.2, 0) is 11.2 Å². The minimum Gasteiger partial charge on any atom is -0.351 e. The normalized spacial score (nSPS) is 10.8. The van der Waals surface area contributed by atoms with E-state index in [1.54, 1.807) is 14.1 Å². The molecule has 0 spiro atoms. The Bertz CT molecular complexity index is 503. The van der Waals surface area contributed by atoms with E-state index in [1.807, 2.05) is 0 Å². The maximum Gasteiger partial charge on any atom is 0.209 e. The van der Waals surface area contributed by atoms with Crippen molar-refractivity contribution in [3.8, 4) is 11.1 Å². The molecule has 2 aromatic carbocycles. The van der Waals surface area contributed by atoms with Crippen molar-refractivity contribution in [3.05, 3.63) is 59.7 Å². The molecule has 0 saturated carbocycles. The Labute approximate surface area is 108 Å². The summed E-state index contributed by atoms with van der Waals surface area (Å²) in [6, 6.07) is 17.3. The predicted molar refractivity (Wildman–Crippen MR) is 74.4 cm³/mol. The molecule has 2 aromatic rings. The topological polar surface area (TPSA) is 20.3 Å². The van der Waals surface area contributed by atoms with E-state index in [4.69, 9.17) is 0 Å². The van der Waals surface area contributed by atoms with Crippen molar-refractivity contribution in [2.75, 3.05) is 14.1 Å². The van der Waals surface area contributed by atoms with Gasteiger partial charge in [-0.2, -0.15) is 0 Å². The van der Waals surface area contributed by atoms with Crippen LogP contribution in [0.4, 0.5) is 0 Å². The highest BCUT2D eigenvalue weighted by molar-refractivity contribution is 5.76. The average molecular weight is 239 g/mol. The van der Waals surface area contributed by atoms with Crippen LogP contribution in [0.1, 0.15) is 11.1 Å². The summed E-state index contributed by atoms with van der Waals surface area (Å²) in [6.45, 7) is 0. The third-order valence-corrected chi connectivity index (χ3v) is 2.92. The number of fused-ring (bicyclic) bond motifs is 3. The molecule has 3 rings (SSSR count). The summed E-state index contributed by atoms with van der Waals surface area (Å²) in [6.07, 6.45) is 1.85. The Kier molecular flexibility index (Phi) is 3.78. The van der Waals surface area contributed by atoms with E-state index in [2.05, 4.69) is 48.5 Å². The van der Waals surface area contributed by atoms with Crippen molar-refractivity contribution in [2.24, 2.45) is 0 Å². The molecule has 0 unspecified atom stereocenters. The van der Waals surface area contributed by atoms with E-state index in [-0.39, 0.29) is 0 Å². The number of carbonyl (C=O) groups excluding carboxylic acids is 1. The van der Waals surface area contributed by atoms with E-state index in [9.17, 15) is 4.79 Å². The lowest BCUT2D eigenvalue weighted by molar-refractivity contribution is -0.115. The zero-order chi connectivity index (χ0) is 13.0. The predicted octanol–water partition coefficient (Wildman–Crippen LogP) is 2.96. The van der Waals surface area contributed by atoms with Crippen molar-refractivity contribution in [1.29, 1.82) is 0 Å². The molecule has 0 fully saturated rings. The molecule has 0 bridgehead atoms. The molecule has 0 N–H and O–H groups in total. The van der Waals surface area contributed by atoms with Gasteiger partial charge in [0.15, 0.2) is 0 Å². The molecule has 1 aliphatic carbocycles. The van der Waals surface area contributed by atoms with Crippen molar-refractivity contribution in [1.82, 2.24) is 4.90 Å². The maximum atomic E-state index is 9.43. The summed E-state index contributed by atoms with van der Waals surface area (Å²) >= 11 is 0. The first kappa shape index (κ1) is 12.4. The molecule has 0 radical (unpaired) electrons. The summed E-state index contributed by atoms with van der Waals surface area (Å²) < 4.78 is 0.